The Balaban J connectivity index is 1.92. The Bertz CT molecular complexity index is 911. The summed E-state index contributed by atoms with van der Waals surface area (Å²) in [5.41, 5.74) is 0.202. The topological polar surface area (TPSA) is 66.3 Å². The third-order valence-corrected chi connectivity index (χ3v) is 6.40. The molecule has 1 aromatic heterocycles. The van der Waals surface area contributed by atoms with Gasteiger partial charge in [0.15, 0.2) is 0 Å². The minimum atomic E-state index is -1.03. The second-order valence-electron chi connectivity index (χ2n) is 7.64. The molecule has 0 unspecified atom stereocenters. The molecular weight excluding hydrogens is 340 g/mol. The third-order valence-electron chi connectivity index (χ3n) is 6.40. The van der Waals surface area contributed by atoms with Gasteiger partial charge in [-0.2, -0.15) is 5.10 Å². The minimum Gasteiger partial charge on any atom is -0.465 e. The number of hydrogen-bond acceptors (Lipinski definition) is 3. The number of fused-ring (bicyclic) bond motifs is 5. The van der Waals surface area contributed by atoms with Crippen LogP contribution in [0.15, 0.2) is 24.3 Å². The number of halogens is 2. The fourth-order valence-electron chi connectivity index (χ4n) is 5.07. The first-order valence-electron chi connectivity index (χ1n) is 8.51. The van der Waals surface area contributed by atoms with Gasteiger partial charge in [0.25, 0.3) is 0 Å². The highest BCUT2D eigenvalue weighted by atomic mass is 19.1. The second-order valence-corrected chi connectivity index (χ2v) is 7.64. The number of benzene rings is 1. The van der Waals surface area contributed by atoms with Crippen molar-refractivity contribution in [2.24, 2.45) is 5.41 Å². The molecule has 4 rings (SSSR count). The quantitative estimate of drug-likeness (QED) is 0.875. The number of nitrogens with zero attached hydrogens (tertiary/aromatic N) is 3. The first kappa shape index (κ1) is 16.9. The predicted molar refractivity (Wildman–Crippen MR) is 90.6 cm³/mol. The van der Waals surface area contributed by atoms with Gasteiger partial charge in [-0.3, -0.25) is 4.90 Å². The van der Waals surface area contributed by atoms with Crippen LogP contribution in [0.3, 0.4) is 0 Å². The van der Waals surface area contributed by atoms with E-state index in [4.69, 9.17) is 0 Å². The van der Waals surface area contributed by atoms with Gasteiger partial charge in [0.05, 0.1) is 22.5 Å². The van der Waals surface area contributed by atoms with Crippen molar-refractivity contribution in [2.75, 3.05) is 7.05 Å². The SMILES string of the molecule is CN(C(=O)O)[C@@]12CC[C@@H](c3cc(-c4c(F)cccc4F)nnc31)C2(C)C. The Kier molecular flexibility index (Phi) is 3.39. The maximum Gasteiger partial charge on any atom is 0.407 e. The number of aromatic nitrogens is 2. The van der Waals surface area contributed by atoms with E-state index in [0.29, 0.717) is 12.1 Å². The highest BCUT2D eigenvalue weighted by Gasteiger charge is 2.66. The molecule has 7 heteroatoms. The molecule has 1 fully saturated rings. The van der Waals surface area contributed by atoms with Crippen LogP contribution in [-0.4, -0.2) is 33.3 Å². The number of carboxylic acid groups (broad SMARTS) is 1. The Morgan fingerprint density at radius 2 is 1.92 bits per heavy atom. The molecule has 2 bridgehead atoms. The van der Waals surface area contributed by atoms with Crippen LogP contribution in [0.2, 0.25) is 0 Å². The normalized spacial score (nSPS) is 25.2. The molecule has 1 aromatic carbocycles. The fraction of sp³-hybridized carbons (Fsp3) is 0.421. The van der Waals surface area contributed by atoms with Gasteiger partial charge in [0.2, 0.25) is 0 Å². The monoisotopic (exact) mass is 359 g/mol. The number of rotatable bonds is 2. The number of hydrogen-bond donors (Lipinski definition) is 1. The summed E-state index contributed by atoms with van der Waals surface area (Å²) in [6.45, 7) is 4.05. The summed E-state index contributed by atoms with van der Waals surface area (Å²) in [5, 5.41) is 17.9. The van der Waals surface area contributed by atoms with Crippen LogP contribution < -0.4 is 0 Å². The first-order chi connectivity index (χ1) is 12.2. The largest absolute Gasteiger partial charge is 0.465 e. The maximum absolute atomic E-state index is 14.1. The molecule has 5 nitrogen and oxygen atoms in total. The highest BCUT2D eigenvalue weighted by molar-refractivity contribution is 5.69. The van der Waals surface area contributed by atoms with E-state index in [1.807, 2.05) is 13.8 Å². The molecule has 2 aromatic rings. The van der Waals surface area contributed by atoms with Gasteiger partial charge >= 0.3 is 6.09 Å². The van der Waals surface area contributed by atoms with Gasteiger partial charge in [-0.25, -0.2) is 13.6 Å². The molecule has 0 aliphatic heterocycles. The molecule has 1 N–H and O–H groups in total. The van der Waals surface area contributed by atoms with E-state index in [9.17, 15) is 18.7 Å². The van der Waals surface area contributed by atoms with Crippen molar-refractivity contribution in [3.05, 3.63) is 47.2 Å². The lowest BCUT2D eigenvalue weighted by molar-refractivity contribution is 0.0304. The maximum atomic E-state index is 14.1. The Morgan fingerprint density at radius 1 is 1.27 bits per heavy atom. The van der Waals surface area contributed by atoms with E-state index in [-0.39, 0.29) is 22.6 Å². The minimum absolute atomic E-state index is 0.0587. The number of amides is 1. The van der Waals surface area contributed by atoms with E-state index >= 15 is 0 Å². The summed E-state index contributed by atoms with van der Waals surface area (Å²) < 4.78 is 28.3. The third kappa shape index (κ3) is 1.86. The fourth-order valence-corrected chi connectivity index (χ4v) is 5.07. The van der Waals surface area contributed by atoms with Crippen LogP contribution in [0.5, 0.6) is 0 Å². The van der Waals surface area contributed by atoms with Crippen LogP contribution in [0, 0.1) is 17.0 Å². The van der Waals surface area contributed by atoms with Gasteiger partial charge in [-0.05, 0) is 42.5 Å². The average molecular weight is 359 g/mol. The lowest BCUT2D eigenvalue weighted by atomic mass is 9.74. The van der Waals surface area contributed by atoms with Gasteiger partial charge < -0.3 is 5.11 Å². The van der Waals surface area contributed by atoms with Gasteiger partial charge in [-0.15, -0.1) is 5.10 Å². The molecule has 0 saturated heterocycles. The Hall–Kier alpha value is -2.57. The highest BCUT2D eigenvalue weighted by Crippen LogP contribution is 2.68. The molecule has 136 valence electrons. The van der Waals surface area contributed by atoms with Crippen molar-refractivity contribution >= 4 is 6.09 Å². The molecular formula is C19H19F2N3O2. The Morgan fingerprint density at radius 3 is 2.54 bits per heavy atom. The van der Waals surface area contributed by atoms with Crippen molar-refractivity contribution < 1.29 is 18.7 Å². The molecule has 2 atom stereocenters. The predicted octanol–water partition coefficient (Wildman–Crippen LogP) is 4.14. The summed E-state index contributed by atoms with van der Waals surface area (Å²) >= 11 is 0. The van der Waals surface area contributed by atoms with Crippen molar-refractivity contribution in [2.45, 2.75) is 38.1 Å². The van der Waals surface area contributed by atoms with Gasteiger partial charge in [-0.1, -0.05) is 19.9 Å². The smallest absolute Gasteiger partial charge is 0.407 e. The van der Waals surface area contributed by atoms with E-state index in [0.717, 1.165) is 12.0 Å². The molecule has 26 heavy (non-hydrogen) atoms. The van der Waals surface area contributed by atoms with Crippen LogP contribution in [0.4, 0.5) is 13.6 Å². The molecule has 2 aliphatic carbocycles. The van der Waals surface area contributed by atoms with Crippen LogP contribution >= 0.6 is 0 Å². The summed E-state index contributed by atoms with van der Waals surface area (Å²) in [7, 11) is 1.55. The summed E-state index contributed by atoms with van der Waals surface area (Å²) in [4.78, 5) is 13.0. The summed E-state index contributed by atoms with van der Waals surface area (Å²) in [5.74, 6) is -1.33. The van der Waals surface area contributed by atoms with E-state index in [2.05, 4.69) is 10.2 Å². The Labute approximate surface area is 149 Å². The van der Waals surface area contributed by atoms with Crippen LogP contribution in [0.25, 0.3) is 11.3 Å². The molecule has 1 saturated carbocycles. The summed E-state index contributed by atoms with van der Waals surface area (Å²) in [6, 6.07) is 5.34. The molecule has 1 amide bonds. The molecule has 0 spiro atoms. The zero-order valence-electron chi connectivity index (χ0n) is 14.8. The molecule has 2 aliphatic rings. The zero-order valence-corrected chi connectivity index (χ0v) is 14.8. The van der Waals surface area contributed by atoms with E-state index < -0.39 is 23.3 Å². The lowest BCUT2D eigenvalue weighted by Crippen LogP contribution is -2.52. The van der Waals surface area contributed by atoms with Crippen LogP contribution in [0.1, 0.15) is 43.9 Å². The van der Waals surface area contributed by atoms with E-state index in [1.54, 1.807) is 13.1 Å². The first-order valence-corrected chi connectivity index (χ1v) is 8.51. The van der Waals surface area contributed by atoms with Crippen molar-refractivity contribution in [1.29, 1.82) is 0 Å². The summed E-state index contributed by atoms with van der Waals surface area (Å²) in [6.07, 6.45) is 0.419. The van der Waals surface area contributed by atoms with Crippen molar-refractivity contribution in [3.8, 4) is 11.3 Å². The lowest BCUT2D eigenvalue weighted by Gasteiger charge is -2.43. The number of carbonyl (C=O) groups is 1. The zero-order chi connectivity index (χ0) is 18.9. The van der Waals surface area contributed by atoms with Gasteiger partial charge in [0.1, 0.15) is 11.6 Å². The molecule has 1 heterocycles. The van der Waals surface area contributed by atoms with Crippen LogP contribution in [-0.2, 0) is 5.54 Å². The molecule has 0 radical (unpaired) electrons. The van der Waals surface area contributed by atoms with E-state index in [1.165, 1.54) is 23.1 Å². The standard InChI is InChI=1S/C19H19F2N3O2/c1-18(2)11-7-8-19(18,24(3)17(25)26)16-10(11)9-14(22-23-16)15-12(20)5-4-6-13(15)21/h4-6,9,11H,7-8H2,1-3H3,(H,25,26)/t11-,19-/m0/s1. The average Bonchev–Trinajstić information content (AvgIpc) is 2.95. The van der Waals surface area contributed by atoms with Crippen molar-refractivity contribution in [1.82, 2.24) is 15.1 Å². The van der Waals surface area contributed by atoms with Crippen molar-refractivity contribution in [3.63, 3.8) is 0 Å². The van der Waals surface area contributed by atoms with Gasteiger partial charge in [0, 0.05) is 12.5 Å². The second kappa shape index (κ2) is 5.22.